The first-order chi connectivity index (χ1) is 11.3. The third-order valence-corrected chi connectivity index (χ3v) is 4.96. The fraction of sp³-hybridized carbons (Fsp3) is 0.158. The summed E-state index contributed by atoms with van der Waals surface area (Å²) in [6.07, 6.45) is 4.76. The Balaban J connectivity index is 1.61. The van der Waals surface area contributed by atoms with Gasteiger partial charge < -0.3 is 0 Å². The summed E-state index contributed by atoms with van der Waals surface area (Å²) in [5.41, 5.74) is 3.54. The number of benzene rings is 2. The Hall–Kier alpha value is -2.39. The molecule has 2 aromatic carbocycles. The standard InChI is InChI=1S/C19H14ClN3/c20-18-11-17(19-21-8-9-23(19)22-18)16-10-15(16)14-7-3-5-12-4-1-2-6-13(12)14/h1-9,11,15-16H,10H2/t15?,16-/m0/s1. The minimum absolute atomic E-state index is 0.464. The Labute approximate surface area is 138 Å². The molecule has 0 N–H and O–H groups in total. The van der Waals surface area contributed by atoms with Gasteiger partial charge >= 0.3 is 0 Å². The predicted octanol–water partition coefficient (Wildman–Crippen LogP) is 4.81. The molecule has 2 heterocycles. The van der Waals surface area contributed by atoms with Crippen molar-refractivity contribution in [2.45, 2.75) is 18.3 Å². The van der Waals surface area contributed by atoms with E-state index in [4.69, 9.17) is 11.6 Å². The molecule has 3 nitrogen and oxygen atoms in total. The van der Waals surface area contributed by atoms with Gasteiger partial charge in [-0.3, -0.25) is 0 Å². The van der Waals surface area contributed by atoms with Gasteiger partial charge in [0.25, 0.3) is 0 Å². The molecule has 0 aliphatic heterocycles. The lowest BCUT2D eigenvalue weighted by Crippen LogP contribution is -1.96. The van der Waals surface area contributed by atoms with E-state index in [0.29, 0.717) is 17.0 Å². The molecule has 0 saturated heterocycles. The van der Waals surface area contributed by atoms with Crippen LogP contribution in [0.4, 0.5) is 0 Å². The Kier molecular flexibility index (Phi) is 2.73. The molecule has 0 spiro atoms. The molecule has 4 aromatic rings. The van der Waals surface area contributed by atoms with Gasteiger partial charge in [0.05, 0.1) is 0 Å². The van der Waals surface area contributed by atoms with Gasteiger partial charge in [0.1, 0.15) is 5.15 Å². The van der Waals surface area contributed by atoms with E-state index >= 15 is 0 Å². The largest absolute Gasteiger partial charge is 0.235 e. The molecule has 2 aromatic heterocycles. The second-order valence-corrected chi connectivity index (χ2v) is 6.52. The lowest BCUT2D eigenvalue weighted by atomic mass is 9.99. The monoisotopic (exact) mass is 319 g/mol. The van der Waals surface area contributed by atoms with Gasteiger partial charge in [-0.15, -0.1) is 0 Å². The van der Waals surface area contributed by atoms with Crippen molar-refractivity contribution in [2.75, 3.05) is 0 Å². The summed E-state index contributed by atoms with van der Waals surface area (Å²) in [6.45, 7) is 0. The summed E-state index contributed by atoms with van der Waals surface area (Å²) < 4.78 is 1.77. The SMILES string of the molecule is Clc1cc([C@H]2CC2c2cccc3ccccc23)c2nccn2n1. The maximum absolute atomic E-state index is 6.18. The molecule has 0 radical (unpaired) electrons. The lowest BCUT2D eigenvalue weighted by molar-refractivity contribution is 0.907. The number of hydrogen-bond acceptors (Lipinski definition) is 2. The summed E-state index contributed by atoms with van der Waals surface area (Å²) in [6, 6.07) is 17.1. The number of hydrogen-bond donors (Lipinski definition) is 0. The van der Waals surface area contributed by atoms with Crippen molar-refractivity contribution in [3.63, 3.8) is 0 Å². The molecule has 112 valence electrons. The lowest BCUT2D eigenvalue weighted by Gasteiger charge is -2.07. The molecule has 1 aliphatic rings. The number of halogens is 1. The van der Waals surface area contributed by atoms with E-state index in [1.165, 1.54) is 21.9 Å². The first-order valence-electron chi connectivity index (χ1n) is 7.79. The molecule has 1 unspecified atom stereocenters. The second kappa shape index (κ2) is 4.80. The molecule has 1 aliphatic carbocycles. The second-order valence-electron chi connectivity index (χ2n) is 6.13. The van der Waals surface area contributed by atoms with Gasteiger partial charge in [-0.05, 0) is 40.7 Å². The van der Waals surface area contributed by atoms with Crippen LogP contribution in [0.25, 0.3) is 16.4 Å². The van der Waals surface area contributed by atoms with Crippen LogP contribution in [-0.2, 0) is 0 Å². The van der Waals surface area contributed by atoms with Crippen molar-refractivity contribution in [1.29, 1.82) is 0 Å². The molecular formula is C19H14ClN3. The van der Waals surface area contributed by atoms with Crippen LogP contribution in [-0.4, -0.2) is 14.6 Å². The van der Waals surface area contributed by atoms with Crippen LogP contribution < -0.4 is 0 Å². The van der Waals surface area contributed by atoms with E-state index in [9.17, 15) is 0 Å². The summed E-state index contributed by atoms with van der Waals surface area (Å²) in [7, 11) is 0. The van der Waals surface area contributed by atoms with E-state index < -0.39 is 0 Å². The number of nitrogens with zero attached hydrogens (tertiary/aromatic N) is 3. The van der Waals surface area contributed by atoms with E-state index in [-0.39, 0.29) is 0 Å². The van der Waals surface area contributed by atoms with Crippen molar-refractivity contribution in [3.8, 4) is 0 Å². The van der Waals surface area contributed by atoms with Crippen molar-refractivity contribution >= 4 is 28.0 Å². The molecule has 1 fully saturated rings. The fourth-order valence-electron chi connectivity index (χ4n) is 3.64. The minimum Gasteiger partial charge on any atom is -0.235 e. The van der Waals surface area contributed by atoms with Crippen LogP contribution in [0.5, 0.6) is 0 Å². The van der Waals surface area contributed by atoms with E-state index in [1.807, 2.05) is 12.3 Å². The van der Waals surface area contributed by atoms with Crippen molar-refractivity contribution in [2.24, 2.45) is 0 Å². The summed E-state index contributed by atoms with van der Waals surface area (Å²) >= 11 is 6.18. The van der Waals surface area contributed by atoms with Crippen LogP contribution in [0.3, 0.4) is 0 Å². The Bertz CT molecular complexity index is 1030. The highest BCUT2D eigenvalue weighted by Crippen LogP contribution is 2.56. The zero-order chi connectivity index (χ0) is 15.4. The van der Waals surface area contributed by atoms with Gasteiger partial charge in [0.15, 0.2) is 5.65 Å². The first kappa shape index (κ1) is 13.1. The smallest absolute Gasteiger partial charge is 0.157 e. The molecule has 0 amide bonds. The van der Waals surface area contributed by atoms with Gasteiger partial charge in [-0.2, -0.15) is 5.10 Å². The molecule has 4 heteroatoms. The normalized spacial score (nSPS) is 20.2. The number of rotatable bonds is 2. The first-order valence-corrected chi connectivity index (χ1v) is 8.16. The van der Waals surface area contributed by atoms with E-state index in [0.717, 1.165) is 12.1 Å². The number of aromatic nitrogens is 3. The molecule has 1 saturated carbocycles. The van der Waals surface area contributed by atoms with Crippen LogP contribution in [0.2, 0.25) is 5.15 Å². The van der Waals surface area contributed by atoms with Gasteiger partial charge in [0.2, 0.25) is 0 Å². The molecule has 23 heavy (non-hydrogen) atoms. The van der Waals surface area contributed by atoms with E-state index in [1.54, 1.807) is 10.7 Å². The van der Waals surface area contributed by atoms with Crippen molar-refractivity contribution in [3.05, 3.63) is 77.2 Å². The Morgan fingerprint density at radius 3 is 2.78 bits per heavy atom. The Morgan fingerprint density at radius 2 is 1.83 bits per heavy atom. The van der Waals surface area contributed by atoms with Crippen LogP contribution in [0.15, 0.2) is 60.9 Å². The van der Waals surface area contributed by atoms with E-state index in [2.05, 4.69) is 52.5 Å². The topological polar surface area (TPSA) is 30.2 Å². The highest BCUT2D eigenvalue weighted by molar-refractivity contribution is 6.29. The van der Waals surface area contributed by atoms with Gasteiger partial charge in [-0.25, -0.2) is 9.50 Å². The maximum Gasteiger partial charge on any atom is 0.157 e. The highest BCUT2D eigenvalue weighted by atomic mass is 35.5. The van der Waals surface area contributed by atoms with Crippen LogP contribution in [0.1, 0.15) is 29.4 Å². The number of fused-ring (bicyclic) bond motifs is 2. The molecule has 2 atom stereocenters. The zero-order valence-corrected chi connectivity index (χ0v) is 13.1. The summed E-state index contributed by atoms with van der Waals surface area (Å²) in [4.78, 5) is 4.45. The zero-order valence-electron chi connectivity index (χ0n) is 12.4. The minimum atomic E-state index is 0.464. The average molecular weight is 320 g/mol. The number of imidazole rings is 1. The third-order valence-electron chi connectivity index (χ3n) is 4.77. The highest BCUT2D eigenvalue weighted by Gasteiger charge is 2.41. The quantitative estimate of drug-likeness (QED) is 0.531. The van der Waals surface area contributed by atoms with Gasteiger partial charge in [-0.1, -0.05) is 54.1 Å². The van der Waals surface area contributed by atoms with Crippen LogP contribution in [0, 0.1) is 0 Å². The Morgan fingerprint density at radius 1 is 1.00 bits per heavy atom. The third kappa shape index (κ3) is 2.04. The average Bonchev–Trinajstić information content (AvgIpc) is 3.23. The maximum atomic E-state index is 6.18. The van der Waals surface area contributed by atoms with Crippen molar-refractivity contribution < 1.29 is 0 Å². The molecular weight excluding hydrogens is 306 g/mol. The van der Waals surface area contributed by atoms with Gasteiger partial charge in [0, 0.05) is 18.0 Å². The summed E-state index contributed by atoms with van der Waals surface area (Å²) in [5.74, 6) is 0.992. The molecule has 0 bridgehead atoms. The van der Waals surface area contributed by atoms with Crippen LogP contribution >= 0.6 is 11.6 Å². The van der Waals surface area contributed by atoms with Crippen molar-refractivity contribution in [1.82, 2.24) is 14.6 Å². The predicted molar refractivity (Wildman–Crippen MR) is 92.0 cm³/mol. The fourth-order valence-corrected chi connectivity index (χ4v) is 3.84. The molecule has 5 rings (SSSR count). The summed E-state index contributed by atoms with van der Waals surface area (Å²) in [5, 5.41) is 7.45.